The van der Waals surface area contributed by atoms with Gasteiger partial charge in [-0.05, 0) is 31.1 Å². The number of carbonyl (C=O) groups excluding carboxylic acids is 1. The fourth-order valence-corrected chi connectivity index (χ4v) is 2.42. The molecule has 1 atom stereocenters. The van der Waals surface area contributed by atoms with Crippen LogP contribution in [0.25, 0.3) is 0 Å². The van der Waals surface area contributed by atoms with Crippen molar-refractivity contribution in [1.29, 1.82) is 0 Å². The maximum Gasteiger partial charge on any atom is 0.317 e. The number of carbonyl (C=O) groups is 2. The molecule has 1 heterocycles. The highest BCUT2D eigenvalue weighted by atomic mass is 16.4. The van der Waals surface area contributed by atoms with E-state index in [0.717, 1.165) is 19.5 Å². The zero-order valence-electron chi connectivity index (χ0n) is 11.3. The first kappa shape index (κ1) is 14.8. The van der Waals surface area contributed by atoms with E-state index >= 15 is 0 Å². The highest BCUT2D eigenvalue weighted by Crippen LogP contribution is 2.22. The first-order chi connectivity index (χ1) is 8.49. The van der Waals surface area contributed by atoms with Crippen LogP contribution in [0, 0.1) is 11.8 Å². The Morgan fingerprint density at radius 1 is 1.44 bits per heavy atom. The lowest BCUT2D eigenvalue weighted by Crippen LogP contribution is -2.39. The largest absolute Gasteiger partial charge is 0.481 e. The van der Waals surface area contributed by atoms with Crippen LogP contribution in [0.5, 0.6) is 0 Å². The van der Waals surface area contributed by atoms with Gasteiger partial charge in [-0.15, -0.1) is 0 Å². The number of rotatable bonds is 6. The molecule has 1 rings (SSSR count). The number of nitrogens with zero attached hydrogens (tertiary/aromatic N) is 1. The second-order valence-corrected chi connectivity index (χ2v) is 5.46. The van der Waals surface area contributed by atoms with E-state index in [2.05, 4.69) is 19.2 Å². The van der Waals surface area contributed by atoms with Gasteiger partial charge in [0.05, 0.1) is 0 Å². The van der Waals surface area contributed by atoms with E-state index in [4.69, 9.17) is 5.11 Å². The third kappa shape index (κ3) is 5.38. The van der Waals surface area contributed by atoms with E-state index < -0.39 is 5.97 Å². The summed E-state index contributed by atoms with van der Waals surface area (Å²) in [5, 5.41) is 11.3. The summed E-state index contributed by atoms with van der Waals surface area (Å²) >= 11 is 0. The van der Waals surface area contributed by atoms with E-state index in [1.807, 2.05) is 4.90 Å². The molecule has 5 nitrogen and oxygen atoms in total. The van der Waals surface area contributed by atoms with Crippen LogP contribution in [0.1, 0.15) is 39.5 Å². The van der Waals surface area contributed by atoms with Crippen LogP contribution in [-0.4, -0.2) is 41.6 Å². The zero-order chi connectivity index (χ0) is 13.5. The summed E-state index contributed by atoms with van der Waals surface area (Å²) in [6.07, 6.45) is 2.85. The number of carboxylic acid groups (broad SMARTS) is 1. The molecule has 0 bridgehead atoms. The van der Waals surface area contributed by atoms with E-state index in [9.17, 15) is 9.59 Å². The molecule has 1 fully saturated rings. The Hall–Kier alpha value is -1.26. The molecule has 18 heavy (non-hydrogen) atoms. The Labute approximate surface area is 109 Å². The smallest absolute Gasteiger partial charge is 0.317 e. The van der Waals surface area contributed by atoms with E-state index in [1.165, 1.54) is 6.42 Å². The second-order valence-electron chi connectivity index (χ2n) is 5.46. The highest BCUT2D eigenvalue weighted by molar-refractivity contribution is 5.74. The van der Waals surface area contributed by atoms with Crippen LogP contribution in [0.3, 0.4) is 0 Å². The Bertz CT molecular complexity index is 292. The van der Waals surface area contributed by atoms with Crippen LogP contribution in [0.15, 0.2) is 0 Å². The predicted octanol–water partition coefficient (Wildman–Crippen LogP) is 1.93. The monoisotopic (exact) mass is 256 g/mol. The van der Waals surface area contributed by atoms with Gasteiger partial charge in [0, 0.05) is 26.1 Å². The van der Waals surface area contributed by atoms with Gasteiger partial charge >= 0.3 is 12.0 Å². The number of hydrogen-bond donors (Lipinski definition) is 2. The molecule has 2 amide bonds. The first-order valence-corrected chi connectivity index (χ1v) is 6.73. The lowest BCUT2D eigenvalue weighted by Gasteiger charge is -2.18. The summed E-state index contributed by atoms with van der Waals surface area (Å²) in [6, 6.07) is -0.0494. The van der Waals surface area contributed by atoms with E-state index in [-0.39, 0.29) is 12.5 Å². The van der Waals surface area contributed by atoms with Crippen LogP contribution in [-0.2, 0) is 4.79 Å². The third-order valence-electron chi connectivity index (χ3n) is 3.22. The molecule has 0 spiro atoms. The molecule has 0 aromatic heterocycles. The molecule has 1 saturated heterocycles. The van der Waals surface area contributed by atoms with Crippen LogP contribution >= 0.6 is 0 Å². The van der Waals surface area contributed by atoms with Gasteiger partial charge < -0.3 is 15.3 Å². The fraction of sp³-hybridized carbons (Fsp3) is 0.846. The lowest BCUT2D eigenvalue weighted by atomic mass is 9.97. The number of amides is 2. The molecule has 104 valence electrons. The summed E-state index contributed by atoms with van der Waals surface area (Å²) in [7, 11) is 0. The zero-order valence-corrected chi connectivity index (χ0v) is 11.3. The molecule has 1 unspecified atom stereocenters. The van der Waals surface area contributed by atoms with Gasteiger partial charge in [-0.2, -0.15) is 0 Å². The van der Waals surface area contributed by atoms with Crippen LogP contribution < -0.4 is 5.32 Å². The summed E-state index contributed by atoms with van der Waals surface area (Å²) in [4.78, 5) is 24.0. The molecule has 2 N–H and O–H groups in total. The molecule has 0 aromatic rings. The van der Waals surface area contributed by atoms with Crippen molar-refractivity contribution in [3.05, 3.63) is 0 Å². The van der Waals surface area contributed by atoms with Gasteiger partial charge in [-0.3, -0.25) is 4.79 Å². The van der Waals surface area contributed by atoms with Gasteiger partial charge in [0.15, 0.2) is 0 Å². The minimum absolute atomic E-state index is 0.0494. The average molecular weight is 256 g/mol. The topological polar surface area (TPSA) is 69.6 Å². The van der Waals surface area contributed by atoms with Crippen LogP contribution in [0.2, 0.25) is 0 Å². The summed E-state index contributed by atoms with van der Waals surface area (Å²) < 4.78 is 0. The number of urea groups is 1. The van der Waals surface area contributed by atoms with Gasteiger partial charge in [0.2, 0.25) is 0 Å². The maximum absolute atomic E-state index is 11.8. The normalized spacial score (nSPS) is 19.3. The third-order valence-corrected chi connectivity index (χ3v) is 3.22. The molecule has 5 heteroatoms. The Morgan fingerprint density at radius 3 is 2.78 bits per heavy atom. The van der Waals surface area contributed by atoms with Crippen molar-refractivity contribution in [2.75, 3.05) is 19.6 Å². The van der Waals surface area contributed by atoms with Crippen molar-refractivity contribution >= 4 is 12.0 Å². The quantitative estimate of drug-likeness (QED) is 0.713. The van der Waals surface area contributed by atoms with Gasteiger partial charge in [0.25, 0.3) is 0 Å². The number of carboxylic acids is 1. The summed E-state index contributed by atoms with van der Waals surface area (Å²) in [6.45, 7) is 6.50. The lowest BCUT2D eigenvalue weighted by molar-refractivity contribution is -0.137. The summed E-state index contributed by atoms with van der Waals surface area (Å²) in [5.41, 5.74) is 0. The molecule has 0 aliphatic carbocycles. The van der Waals surface area contributed by atoms with Gasteiger partial charge in [0.1, 0.15) is 0 Å². The molecule has 0 radical (unpaired) electrons. The van der Waals surface area contributed by atoms with Gasteiger partial charge in [-0.1, -0.05) is 13.8 Å². The van der Waals surface area contributed by atoms with Crippen LogP contribution in [0.4, 0.5) is 4.79 Å². The minimum atomic E-state index is -0.817. The highest BCUT2D eigenvalue weighted by Gasteiger charge is 2.26. The Morgan fingerprint density at radius 2 is 2.17 bits per heavy atom. The Kier molecular flexibility index (Phi) is 5.95. The molecule has 1 aliphatic rings. The predicted molar refractivity (Wildman–Crippen MR) is 69.4 cm³/mol. The van der Waals surface area contributed by atoms with Gasteiger partial charge in [-0.25, -0.2) is 4.79 Å². The van der Waals surface area contributed by atoms with E-state index in [0.29, 0.717) is 24.8 Å². The molecule has 1 aliphatic heterocycles. The Balaban J connectivity index is 2.17. The summed E-state index contributed by atoms with van der Waals surface area (Å²) in [5.74, 6) is 0.478. The number of likely N-dealkylation sites (tertiary alicyclic amines) is 1. The number of aliphatic carboxylic acids is 1. The maximum atomic E-state index is 11.8. The molecule has 0 aromatic carbocycles. The molecular weight excluding hydrogens is 232 g/mol. The second kappa shape index (κ2) is 7.24. The van der Waals surface area contributed by atoms with Crippen molar-refractivity contribution in [2.24, 2.45) is 11.8 Å². The van der Waals surface area contributed by atoms with Crippen molar-refractivity contribution in [3.63, 3.8) is 0 Å². The van der Waals surface area contributed by atoms with Crippen molar-refractivity contribution in [2.45, 2.75) is 39.5 Å². The SMILES string of the molecule is CC(C)CC1CCN(C(=O)NCCCC(=O)O)C1. The molecular formula is C13H24N2O3. The standard InChI is InChI=1S/C13H24N2O3/c1-10(2)8-11-5-7-15(9-11)13(18)14-6-3-4-12(16)17/h10-11H,3-9H2,1-2H3,(H,14,18)(H,16,17). The van der Waals surface area contributed by atoms with Crippen molar-refractivity contribution in [1.82, 2.24) is 10.2 Å². The first-order valence-electron chi connectivity index (χ1n) is 6.73. The number of hydrogen-bond acceptors (Lipinski definition) is 2. The van der Waals surface area contributed by atoms with Crippen molar-refractivity contribution < 1.29 is 14.7 Å². The fourth-order valence-electron chi connectivity index (χ4n) is 2.42. The minimum Gasteiger partial charge on any atom is -0.481 e. The number of nitrogens with one attached hydrogen (secondary N) is 1. The van der Waals surface area contributed by atoms with E-state index in [1.54, 1.807) is 0 Å². The average Bonchev–Trinajstić information content (AvgIpc) is 2.71. The van der Waals surface area contributed by atoms with Crippen molar-refractivity contribution in [3.8, 4) is 0 Å². The molecule has 0 saturated carbocycles.